The molecule has 13 rings (SSSR count). The van der Waals surface area contributed by atoms with Gasteiger partial charge in [0.1, 0.15) is 0 Å². The molecule has 0 aliphatic carbocycles. The second kappa shape index (κ2) is 13.9. The second-order valence-electron chi connectivity index (χ2n) is 17.4. The average molecular weight is 905 g/mol. The third-order valence-electron chi connectivity index (χ3n) is 12.8. The minimum Gasteiger partial charge on any atom is -0.248 e. The molecule has 0 amide bonds. The zero-order valence-corrected chi connectivity index (χ0v) is 39.6. The van der Waals surface area contributed by atoms with Gasteiger partial charge in [-0.2, -0.15) is 20.4 Å². The first kappa shape index (κ1) is 38.8. The summed E-state index contributed by atoms with van der Waals surface area (Å²) in [5.74, 6) is 0. The molecule has 0 spiro atoms. The minimum atomic E-state index is -0.0717. The lowest BCUT2D eigenvalue weighted by molar-refractivity contribution is 0.825. The summed E-state index contributed by atoms with van der Waals surface area (Å²) in [6.45, 7) is 16.6. The maximum Gasteiger partial charge on any atom is 0.249 e. The molecule has 10 heterocycles. The lowest BCUT2D eigenvalue weighted by Gasteiger charge is -2.40. The van der Waals surface area contributed by atoms with E-state index in [1.54, 1.807) is 0 Å². The Labute approximate surface area is 388 Å². The van der Waals surface area contributed by atoms with Crippen LogP contribution in [0.2, 0.25) is 0 Å². The largest absolute Gasteiger partial charge is 0.249 e. The molecular formula is C48H38B2N10S4. The van der Waals surface area contributed by atoms with Gasteiger partial charge < -0.3 is 0 Å². The molecule has 0 saturated heterocycles. The highest BCUT2D eigenvalue weighted by Crippen LogP contribution is 2.50. The van der Waals surface area contributed by atoms with Crippen LogP contribution in [0.1, 0.15) is 45.6 Å². The number of nitrogens with zero attached hydrogens (tertiary/aromatic N) is 10. The summed E-state index contributed by atoms with van der Waals surface area (Å²) in [5.41, 5.74) is 20.1. The lowest BCUT2D eigenvalue weighted by Crippen LogP contribution is -2.63. The second-order valence-corrected chi connectivity index (χ2v) is 21.5. The first-order valence-electron chi connectivity index (χ1n) is 21.3. The SMILES string of the molecule is Cc1cc(C)n(-c2ccc3c(c2)B2c4cc(-n5nc(C)cc5C)cnc4Sc4c5c6c(c(c42)S3)Sc2ccc(-n3nc(C)cc3C)cc2B6c2cc(-n3nc(C)cc3C)cnc2S5)n1. The average Bonchev–Trinajstić information content (AvgIpc) is 4.03. The van der Waals surface area contributed by atoms with E-state index < -0.39 is 0 Å². The van der Waals surface area contributed by atoms with Crippen molar-refractivity contribution in [2.75, 3.05) is 0 Å². The number of rotatable bonds is 4. The molecule has 0 N–H and O–H groups in total. The normalized spacial score (nSPS) is 13.9. The number of fused-ring (bicyclic) bond motifs is 10. The van der Waals surface area contributed by atoms with Gasteiger partial charge in [-0.3, -0.25) is 0 Å². The molecule has 64 heavy (non-hydrogen) atoms. The van der Waals surface area contributed by atoms with Crippen molar-refractivity contribution < 1.29 is 0 Å². The molecule has 3 aromatic carbocycles. The van der Waals surface area contributed by atoms with Gasteiger partial charge in [0.15, 0.2) is 0 Å². The van der Waals surface area contributed by atoms with Gasteiger partial charge in [0.25, 0.3) is 0 Å². The number of aromatic nitrogens is 10. The highest BCUT2D eigenvalue weighted by atomic mass is 32.2. The fraction of sp³-hybridized carbons (Fsp3) is 0.167. The molecule has 9 aromatic rings. The highest BCUT2D eigenvalue weighted by Gasteiger charge is 2.48. The number of hydrogen-bond donors (Lipinski definition) is 0. The van der Waals surface area contributed by atoms with Gasteiger partial charge in [0, 0.05) is 52.1 Å². The van der Waals surface area contributed by atoms with E-state index in [1.807, 2.05) is 82.7 Å². The first-order valence-corrected chi connectivity index (χ1v) is 24.6. The number of benzene rings is 3. The van der Waals surface area contributed by atoms with E-state index in [0.29, 0.717) is 0 Å². The summed E-state index contributed by atoms with van der Waals surface area (Å²) in [6, 6.07) is 27.0. The molecule has 6 aromatic heterocycles. The third kappa shape index (κ3) is 5.67. The Balaban J connectivity index is 1.08. The zero-order valence-electron chi connectivity index (χ0n) is 36.3. The van der Waals surface area contributed by atoms with Crippen molar-refractivity contribution in [1.82, 2.24) is 49.1 Å². The molecule has 0 fully saturated rings. The number of aryl methyl sites for hydroxylation is 8. The maximum absolute atomic E-state index is 5.31. The van der Waals surface area contributed by atoms with Crippen LogP contribution in [0.3, 0.4) is 0 Å². The van der Waals surface area contributed by atoms with Crippen LogP contribution in [0.4, 0.5) is 0 Å². The van der Waals surface area contributed by atoms with Gasteiger partial charge in [-0.05, 0) is 150 Å². The molecule has 0 radical (unpaired) electrons. The van der Waals surface area contributed by atoms with Crippen molar-refractivity contribution in [1.29, 1.82) is 0 Å². The molecule has 0 atom stereocenters. The predicted molar refractivity (Wildman–Crippen MR) is 260 cm³/mol. The van der Waals surface area contributed by atoms with E-state index in [1.165, 1.54) is 62.1 Å². The van der Waals surface area contributed by atoms with Crippen molar-refractivity contribution in [2.24, 2.45) is 0 Å². The van der Waals surface area contributed by atoms with Crippen molar-refractivity contribution in [2.45, 2.75) is 94.8 Å². The van der Waals surface area contributed by atoms with E-state index in [0.717, 1.165) is 78.4 Å². The van der Waals surface area contributed by atoms with Crippen molar-refractivity contribution in [3.63, 3.8) is 0 Å². The predicted octanol–water partition coefficient (Wildman–Crippen LogP) is 6.58. The van der Waals surface area contributed by atoms with Gasteiger partial charge in [0.2, 0.25) is 13.4 Å². The molecule has 0 saturated carbocycles. The molecule has 0 unspecified atom stereocenters. The van der Waals surface area contributed by atoms with Crippen LogP contribution in [-0.2, 0) is 0 Å². The molecule has 4 aliphatic rings. The van der Waals surface area contributed by atoms with E-state index in [9.17, 15) is 0 Å². The van der Waals surface area contributed by atoms with Crippen molar-refractivity contribution in [3.8, 4) is 22.7 Å². The summed E-state index contributed by atoms with van der Waals surface area (Å²) in [4.78, 5) is 18.3. The summed E-state index contributed by atoms with van der Waals surface area (Å²) >= 11 is 7.45. The summed E-state index contributed by atoms with van der Waals surface area (Å²) in [7, 11) is 0. The monoisotopic (exact) mass is 904 g/mol. The minimum absolute atomic E-state index is 0.0717. The van der Waals surface area contributed by atoms with E-state index >= 15 is 0 Å². The van der Waals surface area contributed by atoms with Gasteiger partial charge in [-0.15, -0.1) is 0 Å². The fourth-order valence-corrected chi connectivity index (χ4v) is 15.5. The van der Waals surface area contributed by atoms with Crippen LogP contribution in [-0.4, -0.2) is 62.5 Å². The van der Waals surface area contributed by atoms with Crippen LogP contribution >= 0.6 is 47.0 Å². The lowest BCUT2D eigenvalue weighted by atomic mass is 9.34. The Hall–Kier alpha value is -5.67. The highest BCUT2D eigenvalue weighted by molar-refractivity contribution is 8.05. The molecule has 310 valence electrons. The van der Waals surface area contributed by atoms with Crippen LogP contribution in [0, 0.1) is 55.4 Å². The van der Waals surface area contributed by atoms with E-state index in [4.69, 9.17) is 30.4 Å². The van der Waals surface area contributed by atoms with Gasteiger partial charge >= 0.3 is 0 Å². The Morgan fingerprint density at radius 3 is 1.05 bits per heavy atom. The van der Waals surface area contributed by atoms with Crippen LogP contribution in [0.25, 0.3) is 22.7 Å². The molecule has 0 bridgehead atoms. The standard InChI is InChI=1S/C48H38B2N10S4/c1-23-13-27(5)57(53-23)31-9-11-39-35(17-31)49-37-19-33(59-29(7)15-25(3)55-59)21-51-47(37)63-45-41(49)43(61-39)44-42-46(45)64-48-38(20-34(22-52-48)60-30(8)16-26(4)56-60)50(42)36-18-32(10-12-40(36)62-44)58-28(6)14-24(2)54-58/h9-22H,1-8H3. The van der Waals surface area contributed by atoms with Crippen molar-refractivity contribution >= 4 is 93.2 Å². The van der Waals surface area contributed by atoms with Gasteiger partial charge in [-0.1, -0.05) is 58.0 Å². The van der Waals surface area contributed by atoms with Crippen molar-refractivity contribution in [3.05, 3.63) is 131 Å². The van der Waals surface area contributed by atoms with E-state index in [-0.39, 0.29) is 13.4 Å². The maximum atomic E-state index is 5.31. The molecule has 16 heteroatoms. The fourth-order valence-electron chi connectivity index (χ4n) is 10.3. The topological polar surface area (TPSA) is 97.1 Å². The van der Waals surface area contributed by atoms with E-state index in [2.05, 4.69) is 124 Å². The van der Waals surface area contributed by atoms with Crippen LogP contribution in [0.5, 0.6) is 0 Å². The van der Waals surface area contributed by atoms with Gasteiger partial charge in [0.05, 0.1) is 68.0 Å². The Morgan fingerprint density at radius 2 is 0.703 bits per heavy atom. The molecular weight excluding hydrogens is 866 g/mol. The van der Waals surface area contributed by atoms with Crippen LogP contribution < -0.4 is 32.8 Å². The third-order valence-corrected chi connectivity index (χ3v) is 17.8. The molecule has 10 nitrogen and oxygen atoms in total. The molecule has 4 aliphatic heterocycles. The summed E-state index contributed by atoms with van der Waals surface area (Å²) in [5, 5.41) is 21.7. The Morgan fingerprint density at radius 1 is 0.375 bits per heavy atom. The van der Waals surface area contributed by atoms with Crippen LogP contribution in [0.15, 0.2) is 125 Å². The Bertz CT molecular complexity index is 3090. The smallest absolute Gasteiger partial charge is 0.248 e. The van der Waals surface area contributed by atoms with Gasteiger partial charge in [-0.25, -0.2) is 28.7 Å². The number of hydrogen-bond acceptors (Lipinski definition) is 10. The zero-order chi connectivity index (χ0) is 43.4. The quantitative estimate of drug-likeness (QED) is 0.181. The summed E-state index contributed by atoms with van der Waals surface area (Å²) < 4.78 is 8.21. The summed E-state index contributed by atoms with van der Waals surface area (Å²) in [6.07, 6.45) is 3.98. The number of pyridine rings is 2. The first-order chi connectivity index (χ1) is 30.9. The Kier molecular flexibility index (Phi) is 8.43.